The van der Waals surface area contributed by atoms with Gasteiger partial charge in [0.25, 0.3) is 5.91 Å². The number of halogens is 3. The van der Waals surface area contributed by atoms with E-state index in [1.54, 1.807) is 18.2 Å². The second-order valence-corrected chi connectivity index (χ2v) is 5.94. The second-order valence-electron chi connectivity index (χ2n) is 5.94. The highest BCUT2D eigenvalue weighted by Crippen LogP contribution is 2.35. The average Bonchev–Trinajstić information content (AvgIpc) is 2.68. The number of methoxy groups -OCH3 is 1. The fourth-order valence-electron chi connectivity index (χ4n) is 2.30. The van der Waals surface area contributed by atoms with Gasteiger partial charge in [0.15, 0.2) is 6.10 Å². The summed E-state index contributed by atoms with van der Waals surface area (Å²) in [7, 11) is 1.46. The Balaban J connectivity index is 2.18. The van der Waals surface area contributed by atoms with Crippen LogP contribution in [-0.2, 0) is 15.7 Å². The van der Waals surface area contributed by atoms with Gasteiger partial charge in [-0.2, -0.15) is 18.4 Å². The van der Waals surface area contributed by atoms with Crippen molar-refractivity contribution in [1.29, 1.82) is 5.26 Å². The summed E-state index contributed by atoms with van der Waals surface area (Å²) in [6.07, 6.45) is -5.62. The minimum Gasteiger partial charge on any atom is -0.489 e. The number of benzene rings is 2. The number of nitrogens with one attached hydrogen (secondary N) is 1. The number of nitrogens with zero attached hydrogens (tertiary/aromatic N) is 1. The van der Waals surface area contributed by atoms with Crippen LogP contribution in [0.2, 0.25) is 0 Å². The van der Waals surface area contributed by atoms with Crippen molar-refractivity contribution in [2.24, 2.45) is 0 Å². The smallest absolute Gasteiger partial charge is 0.416 e. The highest BCUT2D eigenvalue weighted by atomic mass is 19.4. The number of anilines is 1. The Labute approximate surface area is 165 Å². The number of ether oxygens (including phenoxy) is 3. The van der Waals surface area contributed by atoms with Crippen molar-refractivity contribution in [1.82, 2.24) is 0 Å². The van der Waals surface area contributed by atoms with E-state index in [0.717, 1.165) is 18.2 Å². The molecule has 1 unspecified atom stereocenters. The summed E-state index contributed by atoms with van der Waals surface area (Å²) in [5, 5.41) is 11.3. The first-order valence-electron chi connectivity index (χ1n) is 8.55. The number of nitriles is 1. The van der Waals surface area contributed by atoms with E-state index in [1.165, 1.54) is 20.1 Å². The molecule has 6 nitrogen and oxygen atoms in total. The highest BCUT2D eigenvalue weighted by Gasteiger charge is 2.31. The third-order valence-electron chi connectivity index (χ3n) is 3.76. The molecule has 0 saturated carbocycles. The summed E-state index contributed by atoms with van der Waals surface area (Å²) in [6, 6.07) is 10.9. The lowest BCUT2D eigenvalue weighted by atomic mass is 10.1. The zero-order valence-corrected chi connectivity index (χ0v) is 15.7. The van der Waals surface area contributed by atoms with E-state index in [4.69, 9.17) is 19.5 Å². The maximum absolute atomic E-state index is 13.0. The van der Waals surface area contributed by atoms with Gasteiger partial charge in [-0.05, 0) is 43.3 Å². The van der Waals surface area contributed by atoms with Crippen molar-refractivity contribution in [2.75, 3.05) is 25.6 Å². The first-order valence-corrected chi connectivity index (χ1v) is 8.55. The Hall–Kier alpha value is -3.25. The van der Waals surface area contributed by atoms with E-state index in [0.29, 0.717) is 5.56 Å². The van der Waals surface area contributed by atoms with Crippen molar-refractivity contribution >= 4 is 11.6 Å². The molecule has 0 aliphatic carbocycles. The average molecular weight is 408 g/mol. The number of hydrogen-bond donors (Lipinski definition) is 1. The zero-order chi connectivity index (χ0) is 21.4. The van der Waals surface area contributed by atoms with E-state index < -0.39 is 23.8 Å². The highest BCUT2D eigenvalue weighted by molar-refractivity contribution is 5.95. The SMILES string of the molecule is COCCOc1ccc(C(F)(F)F)cc1NC(=O)C(C)Oc1cccc(C#N)c1. The zero-order valence-electron chi connectivity index (χ0n) is 15.7. The molecule has 2 aromatic carbocycles. The molecule has 1 atom stereocenters. The van der Waals surface area contributed by atoms with E-state index in [1.807, 2.05) is 6.07 Å². The second kappa shape index (κ2) is 9.80. The molecule has 0 aromatic heterocycles. The predicted octanol–water partition coefficient (Wildman–Crippen LogP) is 4.01. The van der Waals surface area contributed by atoms with Crippen molar-refractivity contribution in [3.63, 3.8) is 0 Å². The predicted molar refractivity (Wildman–Crippen MR) is 98.7 cm³/mol. The van der Waals surface area contributed by atoms with Crippen molar-refractivity contribution in [3.05, 3.63) is 53.6 Å². The van der Waals surface area contributed by atoms with Gasteiger partial charge in [-0.3, -0.25) is 4.79 Å². The van der Waals surface area contributed by atoms with Gasteiger partial charge in [-0.1, -0.05) is 6.07 Å². The van der Waals surface area contributed by atoms with Crippen LogP contribution in [0.15, 0.2) is 42.5 Å². The van der Waals surface area contributed by atoms with Crippen LogP contribution < -0.4 is 14.8 Å². The molecule has 2 rings (SSSR count). The molecule has 0 bridgehead atoms. The molecule has 0 saturated heterocycles. The fraction of sp³-hybridized carbons (Fsp3) is 0.300. The molecule has 9 heteroatoms. The van der Waals surface area contributed by atoms with Crippen LogP contribution in [0.4, 0.5) is 18.9 Å². The number of carbonyl (C=O) groups excluding carboxylic acids is 1. The van der Waals surface area contributed by atoms with E-state index in [-0.39, 0.29) is 30.4 Å². The molecular formula is C20H19F3N2O4. The van der Waals surface area contributed by atoms with Crippen molar-refractivity contribution in [2.45, 2.75) is 19.2 Å². The van der Waals surface area contributed by atoms with Crippen LogP contribution in [0.3, 0.4) is 0 Å². The van der Waals surface area contributed by atoms with Crippen molar-refractivity contribution in [3.8, 4) is 17.6 Å². The Morgan fingerprint density at radius 3 is 2.62 bits per heavy atom. The largest absolute Gasteiger partial charge is 0.489 e. The van der Waals surface area contributed by atoms with Crippen LogP contribution in [-0.4, -0.2) is 32.3 Å². The minimum absolute atomic E-state index is 0.0714. The lowest BCUT2D eigenvalue weighted by Crippen LogP contribution is -2.30. The first kappa shape index (κ1) is 22.0. The summed E-state index contributed by atoms with van der Waals surface area (Å²) in [4.78, 5) is 12.5. The van der Waals surface area contributed by atoms with Crippen LogP contribution in [0.25, 0.3) is 0 Å². The summed E-state index contributed by atoms with van der Waals surface area (Å²) >= 11 is 0. The maximum atomic E-state index is 13.0. The third kappa shape index (κ3) is 6.40. The van der Waals surface area contributed by atoms with Gasteiger partial charge in [-0.15, -0.1) is 0 Å². The molecule has 0 aliphatic rings. The molecule has 154 valence electrons. The summed E-state index contributed by atoms with van der Waals surface area (Å²) in [5.74, 6) is -0.322. The number of hydrogen-bond acceptors (Lipinski definition) is 5. The molecule has 2 aromatic rings. The number of rotatable bonds is 8. The van der Waals surface area contributed by atoms with Crippen LogP contribution in [0.5, 0.6) is 11.5 Å². The van der Waals surface area contributed by atoms with E-state index in [9.17, 15) is 18.0 Å². The maximum Gasteiger partial charge on any atom is 0.416 e. The summed E-state index contributed by atoms with van der Waals surface area (Å²) in [6.45, 7) is 1.76. The first-order chi connectivity index (χ1) is 13.7. The molecule has 29 heavy (non-hydrogen) atoms. The number of alkyl halides is 3. The topological polar surface area (TPSA) is 80.6 Å². The van der Waals surface area contributed by atoms with Gasteiger partial charge in [0.1, 0.15) is 18.1 Å². The van der Waals surface area contributed by atoms with Crippen LogP contribution in [0, 0.1) is 11.3 Å². The Morgan fingerprint density at radius 1 is 1.21 bits per heavy atom. The van der Waals surface area contributed by atoms with E-state index in [2.05, 4.69) is 5.32 Å². The van der Waals surface area contributed by atoms with Crippen LogP contribution >= 0.6 is 0 Å². The van der Waals surface area contributed by atoms with Gasteiger partial charge < -0.3 is 19.5 Å². The number of amides is 1. The van der Waals surface area contributed by atoms with Crippen LogP contribution in [0.1, 0.15) is 18.1 Å². The molecule has 0 spiro atoms. The lowest BCUT2D eigenvalue weighted by molar-refractivity contribution is -0.137. The molecule has 1 amide bonds. The van der Waals surface area contributed by atoms with Gasteiger partial charge >= 0.3 is 6.18 Å². The lowest BCUT2D eigenvalue weighted by Gasteiger charge is -2.18. The Morgan fingerprint density at radius 2 is 1.97 bits per heavy atom. The summed E-state index contributed by atoms with van der Waals surface area (Å²) in [5.41, 5.74) is -0.717. The Kier molecular flexibility index (Phi) is 7.45. The summed E-state index contributed by atoms with van der Waals surface area (Å²) < 4.78 is 54.8. The molecular weight excluding hydrogens is 389 g/mol. The Bertz CT molecular complexity index is 894. The normalized spacial score (nSPS) is 12.0. The molecule has 0 fully saturated rings. The van der Waals surface area contributed by atoms with Gasteiger partial charge in [0, 0.05) is 7.11 Å². The fourth-order valence-corrected chi connectivity index (χ4v) is 2.30. The van der Waals surface area contributed by atoms with Gasteiger partial charge in [0.05, 0.1) is 29.5 Å². The van der Waals surface area contributed by atoms with Gasteiger partial charge in [0.2, 0.25) is 0 Å². The minimum atomic E-state index is -4.58. The van der Waals surface area contributed by atoms with Crippen molar-refractivity contribution < 1.29 is 32.2 Å². The third-order valence-corrected chi connectivity index (χ3v) is 3.76. The molecule has 0 heterocycles. The van der Waals surface area contributed by atoms with Gasteiger partial charge in [-0.25, -0.2) is 0 Å². The number of carbonyl (C=O) groups is 1. The standard InChI is InChI=1S/C20H19F3N2O4/c1-13(29-16-5-3-4-14(10-16)12-24)19(26)25-17-11-15(20(21,22)23)6-7-18(17)28-9-8-27-2/h3-7,10-11,13H,8-9H2,1-2H3,(H,25,26). The van der Waals surface area contributed by atoms with E-state index >= 15 is 0 Å². The molecule has 0 radical (unpaired) electrons. The molecule has 1 N–H and O–H groups in total. The quantitative estimate of drug-likeness (QED) is 0.668. The molecule has 0 aliphatic heterocycles. The monoisotopic (exact) mass is 408 g/mol.